The van der Waals surface area contributed by atoms with E-state index < -0.39 is 0 Å². The zero-order chi connectivity index (χ0) is 82.9. The molecule has 26 aromatic rings. The van der Waals surface area contributed by atoms with Gasteiger partial charge in [0, 0.05) is 92.8 Å². The molecule has 0 aliphatic rings. The standard InChI is InChI=1S/2C55H32N6O2/c1-4-16-33(17-5-1)37-24-15-28-44-47(37)39-22-10-12-27-43(39)61(44)55-59-52(35-20-8-3-9-21-35)58-53(60-55)36-30-31-46-42(32-36)38-25-14-26-41(50(38)62-46)54-56-48(34-18-6-2-7-19-34)51-49(57-54)40-23-11-13-29-45(40)63-51;1-4-15-33(16-5-1)38-23-14-25-44-48(38)40-21-10-12-24-43(40)61(44)55-59-52(35-19-8-3-9-20-35)58-54(60-55)36-28-30-46-42(31-36)39-29-27-37(32-47(39)62-46)53-56-49(34-17-6-2-7-18-34)51-50(57-53)41-22-11-13-26-45(41)63-51/h2*1-32H. The fourth-order valence-corrected chi connectivity index (χ4v) is 18.0. The van der Waals surface area contributed by atoms with E-state index in [0.717, 1.165) is 193 Å². The number of benzene rings is 16. The van der Waals surface area contributed by atoms with Crippen molar-refractivity contribution in [2.24, 2.45) is 0 Å². The minimum absolute atomic E-state index is 0.531. The lowest BCUT2D eigenvalue weighted by Crippen LogP contribution is -2.06. The van der Waals surface area contributed by atoms with Gasteiger partial charge in [-0.3, -0.25) is 9.13 Å². The molecule has 0 N–H and O–H groups in total. The van der Waals surface area contributed by atoms with Gasteiger partial charge in [-0.05, 0) is 125 Å². The number of hydrogen-bond donors (Lipinski definition) is 0. The van der Waals surface area contributed by atoms with E-state index in [0.29, 0.717) is 63.6 Å². The molecule has 0 unspecified atom stereocenters. The van der Waals surface area contributed by atoms with Crippen LogP contribution in [0.4, 0.5) is 0 Å². The van der Waals surface area contributed by atoms with E-state index in [-0.39, 0.29) is 0 Å². The van der Waals surface area contributed by atoms with Gasteiger partial charge in [-0.2, -0.15) is 19.9 Å². The van der Waals surface area contributed by atoms with Gasteiger partial charge in [0.05, 0.1) is 27.6 Å². The first kappa shape index (κ1) is 71.4. The van der Waals surface area contributed by atoms with E-state index >= 15 is 0 Å². The van der Waals surface area contributed by atoms with E-state index in [2.05, 4.69) is 173 Å². The van der Waals surface area contributed by atoms with Gasteiger partial charge in [0.15, 0.2) is 46.1 Å². The third-order valence-electron chi connectivity index (χ3n) is 23.8. The number of aromatic nitrogens is 12. The molecular formula is C110H64N12O4. The first-order chi connectivity index (χ1) is 62.4. The number of fused-ring (bicyclic) bond motifs is 18. The van der Waals surface area contributed by atoms with Gasteiger partial charge in [-0.15, -0.1) is 0 Å². The van der Waals surface area contributed by atoms with Crippen LogP contribution in [-0.2, 0) is 0 Å². The maximum Gasteiger partial charge on any atom is 0.238 e. The Morgan fingerprint density at radius 1 is 0.175 bits per heavy atom. The predicted molar refractivity (Wildman–Crippen MR) is 503 cm³/mol. The van der Waals surface area contributed by atoms with Gasteiger partial charge in [-0.25, -0.2) is 29.9 Å². The lowest BCUT2D eigenvalue weighted by atomic mass is 9.99. The molecule has 126 heavy (non-hydrogen) atoms. The fourth-order valence-electron chi connectivity index (χ4n) is 18.0. The summed E-state index contributed by atoms with van der Waals surface area (Å²) in [7, 11) is 0. The molecule has 0 amide bonds. The molecule has 588 valence electrons. The molecule has 0 radical (unpaired) electrons. The molecule has 10 aromatic heterocycles. The molecule has 0 aliphatic heterocycles. The average Bonchev–Trinajstić information content (AvgIpc) is 1.58. The Bertz CT molecular complexity index is 8850. The Morgan fingerprint density at radius 3 is 1.02 bits per heavy atom. The Morgan fingerprint density at radius 2 is 0.516 bits per heavy atom. The first-order valence-electron chi connectivity index (χ1n) is 41.7. The molecule has 0 fully saturated rings. The van der Waals surface area contributed by atoms with Gasteiger partial charge in [0.2, 0.25) is 11.9 Å². The minimum atomic E-state index is 0.531. The van der Waals surface area contributed by atoms with Crippen molar-refractivity contribution in [3.8, 4) is 125 Å². The Labute approximate surface area is 717 Å². The molecule has 26 rings (SSSR count). The van der Waals surface area contributed by atoms with Crippen molar-refractivity contribution in [1.29, 1.82) is 0 Å². The maximum atomic E-state index is 6.71. The van der Waals surface area contributed by atoms with Gasteiger partial charge < -0.3 is 17.7 Å². The second kappa shape index (κ2) is 29.2. The molecule has 0 bridgehead atoms. The van der Waals surface area contributed by atoms with Crippen LogP contribution in [0.15, 0.2) is 406 Å². The van der Waals surface area contributed by atoms with E-state index in [1.807, 2.05) is 224 Å². The van der Waals surface area contributed by atoms with E-state index in [1.54, 1.807) is 0 Å². The van der Waals surface area contributed by atoms with Gasteiger partial charge >= 0.3 is 0 Å². The summed E-state index contributed by atoms with van der Waals surface area (Å²) in [6, 6.07) is 132. The van der Waals surface area contributed by atoms with Gasteiger partial charge in [0.1, 0.15) is 55.9 Å². The van der Waals surface area contributed by atoms with Crippen LogP contribution in [-0.4, -0.2) is 59.0 Å². The number of nitrogens with zero attached hydrogens (tertiary/aromatic N) is 12. The normalized spacial score (nSPS) is 11.8. The van der Waals surface area contributed by atoms with Gasteiger partial charge in [-0.1, -0.05) is 285 Å². The lowest BCUT2D eigenvalue weighted by molar-refractivity contribution is 0.666. The highest BCUT2D eigenvalue weighted by molar-refractivity contribution is 6.18. The summed E-state index contributed by atoms with van der Waals surface area (Å²) in [6.45, 7) is 0. The van der Waals surface area contributed by atoms with Crippen molar-refractivity contribution >= 4 is 132 Å². The molecule has 0 aliphatic carbocycles. The Kier molecular flexibility index (Phi) is 16.5. The zero-order valence-corrected chi connectivity index (χ0v) is 66.9. The summed E-state index contributed by atoms with van der Waals surface area (Å²) in [5, 5.41) is 10.2. The molecule has 0 atom stereocenters. The number of para-hydroxylation sites is 5. The van der Waals surface area contributed by atoms with Crippen molar-refractivity contribution in [3.05, 3.63) is 388 Å². The summed E-state index contributed by atoms with van der Waals surface area (Å²) < 4.78 is 30.3. The lowest BCUT2D eigenvalue weighted by Gasteiger charge is -2.11. The number of rotatable bonds is 12. The average molecular weight is 1620 g/mol. The highest BCUT2D eigenvalue weighted by atomic mass is 16.3. The largest absolute Gasteiger partial charge is 0.456 e. The molecule has 16 heteroatoms. The van der Waals surface area contributed by atoms with Crippen LogP contribution in [0.5, 0.6) is 0 Å². The maximum absolute atomic E-state index is 6.71. The third-order valence-corrected chi connectivity index (χ3v) is 23.8. The van der Waals surface area contributed by atoms with E-state index in [4.69, 9.17) is 67.5 Å². The van der Waals surface area contributed by atoms with Crippen LogP contribution < -0.4 is 0 Å². The summed E-state index contributed by atoms with van der Waals surface area (Å²) in [5.41, 5.74) is 24.4. The quantitative estimate of drug-likeness (QED) is 0.112. The van der Waals surface area contributed by atoms with Crippen LogP contribution >= 0.6 is 0 Å². The third kappa shape index (κ3) is 11.9. The van der Waals surface area contributed by atoms with Crippen molar-refractivity contribution in [3.63, 3.8) is 0 Å². The van der Waals surface area contributed by atoms with Crippen LogP contribution in [0, 0.1) is 0 Å². The second-order valence-corrected chi connectivity index (χ2v) is 31.2. The van der Waals surface area contributed by atoms with Crippen LogP contribution in [0.1, 0.15) is 0 Å². The fraction of sp³-hybridized carbons (Fsp3) is 0. The SMILES string of the molecule is c1ccc(-c2nc(-c3ccc4oc5c(-c6nc(-c7ccccc7)c7oc8ccccc8c7n6)cccc5c4c3)nc(-n3c4ccccc4c4c(-c5ccccc5)cccc43)n2)cc1.c1ccc(-c2nc(-c3ccc4oc5cc(-c6nc(-c7ccccc7)c7oc8ccccc8c7n6)ccc5c4c3)nc(-n3c4ccccc4c4c(-c5ccccc5)cccc43)n2)cc1. The van der Waals surface area contributed by atoms with Crippen molar-refractivity contribution in [2.75, 3.05) is 0 Å². The summed E-state index contributed by atoms with van der Waals surface area (Å²) in [5.74, 6) is 4.46. The van der Waals surface area contributed by atoms with Crippen LogP contribution in [0.25, 0.3) is 257 Å². The Hall–Kier alpha value is -17.5. The molecule has 16 nitrogen and oxygen atoms in total. The molecule has 16 aromatic carbocycles. The highest BCUT2D eigenvalue weighted by Crippen LogP contribution is 2.46. The van der Waals surface area contributed by atoms with E-state index in [9.17, 15) is 0 Å². The van der Waals surface area contributed by atoms with Crippen molar-refractivity contribution < 1.29 is 17.7 Å². The first-order valence-corrected chi connectivity index (χ1v) is 41.7. The summed E-state index contributed by atoms with van der Waals surface area (Å²) in [6.07, 6.45) is 0. The minimum Gasteiger partial charge on any atom is -0.456 e. The van der Waals surface area contributed by atoms with Crippen LogP contribution in [0.3, 0.4) is 0 Å². The molecule has 0 saturated carbocycles. The van der Waals surface area contributed by atoms with Crippen molar-refractivity contribution in [1.82, 2.24) is 59.0 Å². The molecular weight excluding hydrogens is 1550 g/mol. The second-order valence-electron chi connectivity index (χ2n) is 31.2. The van der Waals surface area contributed by atoms with Crippen molar-refractivity contribution in [2.45, 2.75) is 0 Å². The molecule has 0 spiro atoms. The molecule has 10 heterocycles. The van der Waals surface area contributed by atoms with Gasteiger partial charge in [0.25, 0.3) is 0 Å². The van der Waals surface area contributed by atoms with Crippen LogP contribution in [0.2, 0.25) is 0 Å². The summed E-state index contributed by atoms with van der Waals surface area (Å²) >= 11 is 0. The number of furan rings is 4. The Balaban J connectivity index is 0.000000137. The smallest absolute Gasteiger partial charge is 0.238 e. The van der Waals surface area contributed by atoms with E-state index in [1.165, 1.54) is 0 Å². The summed E-state index contributed by atoms with van der Waals surface area (Å²) in [4.78, 5) is 51.7. The predicted octanol–water partition coefficient (Wildman–Crippen LogP) is 27.8. The monoisotopic (exact) mass is 1620 g/mol. The highest BCUT2D eigenvalue weighted by Gasteiger charge is 2.27. The zero-order valence-electron chi connectivity index (χ0n) is 66.9. The number of hydrogen-bond acceptors (Lipinski definition) is 14. The topological polar surface area (TPSA) is 191 Å². The molecule has 0 saturated heterocycles.